The van der Waals surface area contributed by atoms with Crippen molar-refractivity contribution < 1.29 is 4.74 Å². The molecular weight excluding hydrogens is 504 g/mol. The molecule has 0 heterocycles. The lowest BCUT2D eigenvalue weighted by Gasteiger charge is -2.12. The predicted octanol–water partition coefficient (Wildman–Crippen LogP) is 7.48. The molecule has 5 heteroatoms. The molecule has 0 bridgehead atoms. The van der Waals surface area contributed by atoms with Crippen molar-refractivity contribution in [2.45, 2.75) is 45.4 Å². The third-order valence-electron chi connectivity index (χ3n) is 2.82. The van der Waals surface area contributed by atoms with Crippen LogP contribution in [0.4, 0.5) is 0 Å². The predicted molar refractivity (Wildman–Crippen MR) is 96.1 cm³/mol. The lowest BCUT2D eigenvalue weighted by molar-refractivity contribution is 0.300. The second-order valence-corrected chi connectivity index (χ2v) is 7.71. The van der Waals surface area contributed by atoms with E-state index in [1.165, 1.54) is 32.1 Å². The SMILES string of the molecule is CCCCCCCCOc1c(Br)c(Br)cc(Br)c1Br. The molecule has 1 aromatic rings. The van der Waals surface area contributed by atoms with Gasteiger partial charge in [0.05, 0.1) is 15.6 Å². The summed E-state index contributed by atoms with van der Waals surface area (Å²) in [6.07, 6.45) is 7.63. The van der Waals surface area contributed by atoms with Gasteiger partial charge in [0.1, 0.15) is 5.75 Å². The second-order valence-electron chi connectivity index (χ2n) is 4.41. The lowest BCUT2D eigenvalue weighted by Crippen LogP contribution is -1.99. The largest absolute Gasteiger partial charge is 0.491 e. The van der Waals surface area contributed by atoms with Crippen LogP contribution in [-0.4, -0.2) is 6.61 Å². The van der Waals surface area contributed by atoms with Gasteiger partial charge in [0.15, 0.2) is 0 Å². The molecule has 0 N–H and O–H groups in total. The van der Waals surface area contributed by atoms with E-state index in [2.05, 4.69) is 70.6 Å². The Labute approximate surface area is 149 Å². The van der Waals surface area contributed by atoms with Gasteiger partial charge in [0.2, 0.25) is 0 Å². The smallest absolute Gasteiger partial charge is 0.149 e. The molecule has 0 amide bonds. The summed E-state index contributed by atoms with van der Waals surface area (Å²) in [5.41, 5.74) is 0. The molecule has 0 aliphatic carbocycles. The van der Waals surface area contributed by atoms with Gasteiger partial charge in [-0.1, -0.05) is 39.0 Å². The Hall–Kier alpha value is 0.940. The van der Waals surface area contributed by atoms with E-state index >= 15 is 0 Å². The molecular formula is C14H18Br4O. The molecule has 1 nitrogen and oxygen atoms in total. The summed E-state index contributed by atoms with van der Waals surface area (Å²) in [5, 5.41) is 0. The Bertz CT molecular complexity index is 381. The van der Waals surface area contributed by atoms with Gasteiger partial charge in [-0.15, -0.1) is 0 Å². The van der Waals surface area contributed by atoms with Crippen LogP contribution in [0.3, 0.4) is 0 Å². The second kappa shape index (κ2) is 9.80. The fourth-order valence-electron chi connectivity index (χ4n) is 1.73. The van der Waals surface area contributed by atoms with E-state index in [4.69, 9.17) is 4.74 Å². The Morgan fingerprint density at radius 3 is 1.95 bits per heavy atom. The normalized spacial score (nSPS) is 10.8. The topological polar surface area (TPSA) is 9.23 Å². The van der Waals surface area contributed by atoms with Crippen LogP contribution < -0.4 is 4.74 Å². The van der Waals surface area contributed by atoms with Crippen molar-refractivity contribution in [1.82, 2.24) is 0 Å². The molecule has 0 aliphatic rings. The maximum Gasteiger partial charge on any atom is 0.149 e. The van der Waals surface area contributed by atoms with Crippen molar-refractivity contribution in [3.05, 3.63) is 24.0 Å². The number of hydrogen-bond donors (Lipinski definition) is 0. The highest BCUT2D eigenvalue weighted by Crippen LogP contribution is 2.43. The van der Waals surface area contributed by atoms with Gasteiger partial charge in [-0.3, -0.25) is 0 Å². The standard InChI is InChI=1S/C14H18Br4O/c1-2-3-4-5-6-7-8-19-14-12(17)10(15)9-11(16)13(14)18/h9H,2-8H2,1H3. The third-order valence-corrected chi connectivity index (χ3v) is 6.71. The van der Waals surface area contributed by atoms with E-state index < -0.39 is 0 Å². The van der Waals surface area contributed by atoms with Crippen LogP contribution in [-0.2, 0) is 0 Å². The van der Waals surface area contributed by atoms with Crippen molar-refractivity contribution in [3.8, 4) is 5.75 Å². The van der Waals surface area contributed by atoms with Gasteiger partial charge < -0.3 is 4.74 Å². The molecule has 0 fully saturated rings. The Balaban J connectivity index is 2.41. The quantitative estimate of drug-likeness (QED) is 0.255. The summed E-state index contributed by atoms with van der Waals surface area (Å²) < 4.78 is 9.76. The highest BCUT2D eigenvalue weighted by molar-refractivity contribution is 9.14. The molecule has 0 spiro atoms. The molecule has 0 aromatic heterocycles. The average Bonchev–Trinajstić information content (AvgIpc) is 2.39. The fraction of sp³-hybridized carbons (Fsp3) is 0.571. The van der Waals surface area contributed by atoms with Gasteiger partial charge in [-0.2, -0.15) is 0 Å². The van der Waals surface area contributed by atoms with Crippen LogP contribution in [0.1, 0.15) is 45.4 Å². The van der Waals surface area contributed by atoms with Gasteiger partial charge in [-0.25, -0.2) is 0 Å². The van der Waals surface area contributed by atoms with Crippen LogP contribution in [0.15, 0.2) is 24.0 Å². The van der Waals surface area contributed by atoms with E-state index in [0.717, 1.165) is 36.7 Å². The van der Waals surface area contributed by atoms with Gasteiger partial charge >= 0.3 is 0 Å². The highest BCUT2D eigenvalue weighted by Gasteiger charge is 2.13. The zero-order chi connectivity index (χ0) is 14.3. The average molecular weight is 522 g/mol. The molecule has 0 unspecified atom stereocenters. The van der Waals surface area contributed by atoms with Gasteiger partial charge in [0, 0.05) is 8.95 Å². The Morgan fingerprint density at radius 2 is 1.37 bits per heavy atom. The first kappa shape index (κ1) is 18.0. The van der Waals surface area contributed by atoms with Crippen LogP contribution in [0, 0.1) is 0 Å². The van der Waals surface area contributed by atoms with Crippen LogP contribution in [0.25, 0.3) is 0 Å². The molecule has 0 saturated carbocycles. The fourth-order valence-corrected chi connectivity index (χ4v) is 3.98. The molecule has 0 saturated heterocycles. The monoisotopic (exact) mass is 518 g/mol. The molecule has 0 atom stereocenters. The number of hydrogen-bond acceptors (Lipinski definition) is 1. The van der Waals surface area contributed by atoms with Gasteiger partial charge in [-0.05, 0) is 76.2 Å². The van der Waals surface area contributed by atoms with E-state index in [-0.39, 0.29) is 0 Å². The minimum absolute atomic E-state index is 0.756. The molecule has 19 heavy (non-hydrogen) atoms. The van der Waals surface area contributed by atoms with E-state index in [1.807, 2.05) is 6.07 Å². The lowest BCUT2D eigenvalue weighted by atomic mass is 10.1. The number of unbranched alkanes of at least 4 members (excludes halogenated alkanes) is 5. The Kier molecular flexibility index (Phi) is 9.28. The van der Waals surface area contributed by atoms with Crippen molar-refractivity contribution in [3.63, 3.8) is 0 Å². The minimum Gasteiger partial charge on any atom is -0.491 e. The molecule has 0 aliphatic heterocycles. The van der Waals surface area contributed by atoms with Crippen LogP contribution >= 0.6 is 63.7 Å². The number of ether oxygens (including phenoxy) is 1. The maximum absolute atomic E-state index is 5.88. The summed E-state index contributed by atoms with van der Waals surface area (Å²) in [6, 6.07) is 1.99. The first-order valence-electron chi connectivity index (χ1n) is 6.53. The summed E-state index contributed by atoms with van der Waals surface area (Å²) in [7, 11) is 0. The number of rotatable bonds is 8. The number of benzene rings is 1. The molecule has 1 rings (SSSR count). The third kappa shape index (κ3) is 6.06. The molecule has 0 radical (unpaired) electrons. The summed E-state index contributed by atoms with van der Waals surface area (Å²) >= 11 is 14.1. The van der Waals surface area contributed by atoms with Crippen LogP contribution in [0.5, 0.6) is 5.75 Å². The number of halogens is 4. The Morgan fingerprint density at radius 1 is 0.842 bits per heavy atom. The van der Waals surface area contributed by atoms with Gasteiger partial charge in [0.25, 0.3) is 0 Å². The highest BCUT2D eigenvalue weighted by atomic mass is 79.9. The van der Waals surface area contributed by atoms with Crippen molar-refractivity contribution >= 4 is 63.7 Å². The molecule has 1 aromatic carbocycles. The van der Waals surface area contributed by atoms with E-state index in [9.17, 15) is 0 Å². The zero-order valence-corrected chi connectivity index (χ0v) is 17.3. The van der Waals surface area contributed by atoms with Crippen molar-refractivity contribution in [1.29, 1.82) is 0 Å². The first-order chi connectivity index (χ1) is 9.07. The van der Waals surface area contributed by atoms with E-state index in [1.54, 1.807) is 0 Å². The maximum atomic E-state index is 5.88. The summed E-state index contributed by atoms with van der Waals surface area (Å²) in [5.74, 6) is 0.856. The zero-order valence-electron chi connectivity index (χ0n) is 10.9. The molecule has 108 valence electrons. The van der Waals surface area contributed by atoms with Crippen molar-refractivity contribution in [2.24, 2.45) is 0 Å². The van der Waals surface area contributed by atoms with Crippen molar-refractivity contribution in [2.75, 3.05) is 6.61 Å². The minimum atomic E-state index is 0.756. The first-order valence-corrected chi connectivity index (χ1v) is 9.71. The van der Waals surface area contributed by atoms with Crippen LogP contribution in [0.2, 0.25) is 0 Å². The van der Waals surface area contributed by atoms with E-state index in [0.29, 0.717) is 0 Å². The summed E-state index contributed by atoms with van der Waals surface area (Å²) in [4.78, 5) is 0. The summed E-state index contributed by atoms with van der Waals surface area (Å²) in [6.45, 7) is 3.00.